The number of nitrogens with zero attached hydrogens (tertiary/aromatic N) is 3. The molecule has 0 radical (unpaired) electrons. The van der Waals surface area contributed by atoms with Gasteiger partial charge in [-0.2, -0.15) is 4.80 Å². The summed E-state index contributed by atoms with van der Waals surface area (Å²) in [6.45, 7) is 2.07. The van der Waals surface area contributed by atoms with Gasteiger partial charge in [-0.25, -0.2) is 4.39 Å². The molecule has 6 heteroatoms. The minimum Gasteiger partial charge on any atom is -0.322 e. The standard InChI is InChI=1S/C21H17FN4O/c1-2-14-3-5-15(6-4-14)21(27)23-17-9-12-19-20(13-17)25-26(24-19)18-10-7-16(22)8-11-18/h3-13H,2H2,1H3,(H,23,27). The fourth-order valence-corrected chi connectivity index (χ4v) is 2.78. The van der Waals surface area contributed by atoms with E-state index in [2.05, 4.69) is 22.4 Å². The molecule has 0 aliphatic heterocycles. The minimum absolute atomic E-state index is 0.178. The Labute approximate surface area is 155 Å². The minimum atomic E-state index is -0.313. The highest BCUT2D eigenvalue weighted by Gasteiger charge is 2.09. The van der Waals surface area contributed by atoms with Crippen molar-refractivity contribution in [1.82, 2.24) is 15.0 Å². The maximum atomic E-state index is 13.1. The van der Waals surface area contributed by atoms with Gasteiger partial charge in [-0.05, 0) is 66.6 Å². The van der Waals surface area contributed by atoms with Gasteiger partial charge in [-0.3, -0.25) is 4.79 Å². The first-order chi connectivity index (χ1) is 13.1. The molecule has 0 atom stereocenters. The molecule has 1 aromatic heterocycles. The van der Waals surface area contributed by atoms with E-state index in [1.165, 1.54) is 22.5 Å². The third kappa shape index (κ3) is 3.55. The molecule has 4 aromatic rings. The van der Waals surface area contributed by atoms with Crippen molar-refractivity contribution in [3.63, 3.8) is 0 Å². The van der Waals surface area contributed by atoms with Gasteiger partial charge in [0.1, 0.15) is 16.9 Å². The van der Waals surface area contributed by atoms with E-state index < -0.39 is 0 Å². The predicted molar refractivity (Wildman–Crippen MR) is 103 cm³/mol. The van der Waals surface area contributed by atoms with Crippen molar-refractivity contribution in [1.29, 1.82) is 0 Å². The average molecular weight is 360 g/mol. The van der Waals surface area contributed by atoms with Crippen LogP contribution in [-0.4, -0.2) is 20.9 Å². The van der Waals surface area contributed by atoms with Crippen LogP contribution in [0.1, 0.15) is 22.8 Å². The van der Waals surface area contributed by atoms with Crippen LogP contribution in [0.4, 0.5) is 10.1 Å². The first-order valence-electron chi connectivity index (χ1n) is 8.66. The Morgan fingerprint density at radius 2 is 1.67 bits per heavy atom. The van der Waals surface area contributed by atoms with Crippen molar-refractivity contribution in [3.05, 3.63) is 83.7 Å². The van der Waals surface area contributed by atoms with E-state index in [1.54, 1.807) is 30.3 Å². The molecule has 0 fully saturated rings. The third-order valence-corrected chi connectivity index (χ3v) is 4.32. The predicted octanol–water partition coefficient (Wildman–Crippen LogP) is 4.37. The zero-order valence-electron chi connectivity index (χ0n) is 14.7. The third-order valence-electron chi connectivity index (χ3n) is 4.32. The van der Waals surface area contributed by atoms with Crippen LogP contribution >= 0.6 is 0 Å². The fourth-order valence-electron chi connectivity index (χ4n) is 2.78. The Morgan fingerprint density at radius 1 is 0.963 bits per heavy atom. The first-order valence-corrected chi connectivity index (χ1v) is 8.66. The van der Waals surface area contributed by atoms with Crippen molar-refractivity contribution in [3.8, 4) is 5.69 Å². The monoisotopic (exact) mass is 360 g/mol. The summed E-state index contributed by atoms with van der Waals surface area (Å²) in [4.78, 5) is 13.9. The number of nitrogens with one attached hydrogen (secondary N) is 1. The number of aryl methyl sites for hydroxylation is 1. The molecule has 5 nitrogen and oxygen atoms in total. The second-order valence-electron chi connectivity index (χ2n) is 6.17. The van der Waals surface area contributed by atoms with Gasteiger partial charge in [0.2, 0.25) is 0 Å². The number of aromatic nitrogens is 3. The second-order valence-corrected chi connectivity index (χ2v) is 6.17. The summed E-state index contributed by atoms with van der Waals surface area (Å²) >= 11 is 0. The van der Waals surface area contributed by atoms with Gasteiger partial charge in [0.15, 0.2) is 0 Å². The molecule has 1 amide bonds. The molecule has 27 heavy (non-hydrogen) atoms. The molecule has 0 aliphatic rings. The summed E-state index contributed by atoms with van der Waals surface area (Å²) in [6, 6.07) is 18.8. The topological polar surface area (TPSA) is 59.8 Å². The number of halogens is 1. The SMILES string of the molecule is CCc1ccc(C(=O)Nc2ccc3nn(-c4ccc(F)cc4)nc3c2)cc1. The number of hydrogen-bond acceptors (Lipinski definition) is 3. The molecule has 4 rings (SSSR count). The van der Waals surface area contributed by atoms with Crippen molar-refractivity contribution in [2.24, 2.45) is 0 Å². The van der Waals surface area contributed by atoms with Crippen molar-refractivity contribution in [2.75, 3.05) is 5.32 Å². The number of carbonyl (C=O) groups excluding carboxylic acids is 1. The number of hydrogen-bond donors (Lipinski definition) is 1. The highest BCUT2D eigenvalue weighted by molar-refractivity contribution is 6.04. The molecule has 0 unspecified atom stereocenters. The summed E-state index contributed by atoms with van der Waals surface area (Å²) in [5.41, 5.74) is 4.41. The number of fused-ring (bicyclic) bond motifs is 1. The van der Waals surface area contributed by atoms with E-state index in [9.17, 15) is 9.18 Å². The molecular weight excluding hydrogens is 343 g/mol. The first kappa shape index (κ1) is 16.9. The Kier molecular flexibility index (Phi) is 4.38. The van der Waals surface area contributed by atoms with Crippen LogP contribution in [0.15, 0.2) is 66.7 Å². The zero-order chi connectivity index (χ0) is 18.8. The van der Waals surface area contributed by atoms with Crippen LogP contribution in [0.25, 0.3) is 16.7 Å². The van der Waals surface area contributed by atoms with Crippen molar-refractivity contribution >= 4 is 22.6 Å². The number of amides is 1. The highest BCUT2D eigenvalue weighted by atomic mass is 19.1. The van der Waals surface area contributed by atoms with Gasteiger partial charge in [-0.15, -0.1) is 10.2 Å². The van der Waals surface area contributed by atoms with Gasteiger partial charge in [-0.1, -0.05) is 19.1 Å². The molecule has 0 spiro atoms. The number of anilines is 1. The van der Waals surface area contributed by atoms with Gasteiger partial charge in [0.05, 0.1) is 5.69 Å². The maximum absolute atomic E-state index is 13.1. The maximum Gasteiger partial charge on any atom is 0.255 e. The Bertz CT molecular complexity index is 1100. The number of rotatable bonds is 4. The molecule has 0 bridgehead atoms. The van der Waals surface area contributed by atoms with Gasteiger partial charge >= 0.3 is 0 Å². The summed E-state index contributed by atoms with van der Waals surface area (Å²) in [6.07, 6.45) is 0.933. The number of carbonyl (C=O) groups is 1. The van der Waals surface area contributed by atoms with E-state index in [0.29, 0.717) is 28.0 Å². The largest absolute Gasteiger partial charge is 0.322 e. The van der Waals surface area contributed by atoms with Crippen LogP contribution in [-0.2, 0) is 6.42 Å². The van der Waals surface area contributed by atoms with Crippen LogP contribution in [0, 0.1) is 5.82 Å². The summed E-state index contributed by atoms with van der Waals surface area (Å²) in [5.74, 6) is -0.490. The lowest BCUT2D eigenvalue weighted by Crippen LogP contribution is -2.11. The van der Waals surface area contributed by atoms with Crippen molar-refractivity contribution < 1.29 is 9.18 Å². The van der Waals surface area contributed by atoms with E-state index >= 15 is 0 Å². The lowest BCUT2D eigenvalue weighted by atomic mass is 10.1. The highest BCUT2D eigenvalue weighted by Crippen LogP contribution is 2.18. The van der Waals surface area contributed by atoms with Gasteiger partial charge in [0.25, 0.3) is 5.91 Å². The van der Waals surface area contributed by atoms with Crippen LogP contribution in [0.5, 0.6) is 0 Å². The van der Waals surface area contributed by atoms with Crippen molar-refractivity contribution in [2.45, 2.75) is 13.3 Å². The average Bonchev–Trinajstić information content (AvgIpc) is 3.12. The molecule has 3 aromatic carbocycles. The van der Waals surface area contributed by atoms with Gasteiger partial charge < -0.3 is 5.32 Å². The molecule has 0 saturated heterocycles. The molecule has 1 N–H and O–H groups in total. The Hall–Kier alpha value is -3.54. The molecular formula is C21H17FN4O. The second kappa shape index (κ2) is 6.99. The molecule has 0 saturated carbocycles. The normalized spacial score (nSPS) is 10.9. The van der Waals surface area contributed by atoms with E-state index in [0.717, 1.165) is 6.42 Å². The Balaban J connectivity index is 1.57. The molecule has 134 valence electrons. The van der Waals surface area contributed by atoms with E-state index in [-0.39, 0.29) is 11.7 Å². The van der Waals surface area contributed by atoms with Crippen LogP contribution < -0.4 is 5.32 Å². The van der Waals surface area contributed by atoms with Gasteiger partial charge in [0, 0.05) is 11.3 Å². The summed E-state index contributed by atoms with van der Waals surface area (Å²) < 4.78 is 13.1. The summed E-state index contributed by atoms with van der Waals surface area (Å²) in [5, 5.41) is 11.7. The lowest BCUT2D eigenvalue weighted by Gasteiger charge is -2.05. The molecule has 1 heterocycles. The van der Waals surface area contributed by atoms with Crippen LogP contribution in [0.2, 0.25) is 0 Å². The molecule has 0 aliphatic carbocycles. The Morgan fingerprint density at radius 3 is 2.37 bits per heavy atom. The van der Waals surface area contributed by atoms with Crippen LogP contribution in [0.3, 0.4) is 0 Å². The van der Waals surface area contributed by atoms with E-state index in [4.69, 9.17) is 0 Å². The number of benzene rings is 3. The quantitative estimate of drug-likeness (QED) is 0.588. The lowest BCUT2D eigenvalue weighted by molar-refractivity contribution is 0.102. The smallest absolute Gasteiger partial charge is 0.255 e. The zero-order valence-corrected chi connectivity index (χ0v) is 14.7. The fraction of sp³-hybridized carbons (Fsp3) is 0.0952. The van der Waals surface area contributed by atoms with E-state index in [1.807, 2.05) is 24.3 Å². The summed E-state index contributed by atoms with van der Waals surface area (Å²) in [7, 11) is 0.